The molecule has 0 amide bonds. The van der Waals surface area contributed by atoms with E-state index in [9.17, 15) is 24.6 Å². The largest absolute Gasteiger partial charge is 0.509 e. The molecule has 0 aromatic heterocycles. The first-order valence-electron chi connectivity index (χ1n) is 18.3. The number of rotatable bonds is 7. The van der Waals surface area contributed by atoms with E-state index in [1.54, 1.807) is 39.8 Å². The van der Waals surface area contributed by atoms with Gasteiger partial charge in [-0.3, -0.25) is 4.79 Å². The van der Waals surface area contributed by atoms with Crippen LogP contribution in [0.1, 0.15) is 61.3 Å². The number of ether oxygens (including phenoxy) is 10. The summed E-state index contributed by atoms with van der Waals surface area (Å²) in [5, 5.41) is 22.0. The lowest BCUT2D eigenvalue weighted by Gasteiger charge is -2.46. The van der Waals surface area contributed by atoms with Gasteiger partial charge in [-0.1, -0.05) is 26.8 Å². The van der Waals surface area contributed by atoms with E-state index in [4.69, 9.17) is 47.4 Å². The predicted molar refractivity (Wildman–Crippen MR) is 181 cm³/mol. The normalized spacial score (nSPS) is 48.7. The van der Waals surface area contributed by atoms with Crippen molar-refractivity contribution in [2.45, 2.75) is 147 Å². The summed E-state index contributed by atoms with van der Waals surface area (Å²) < 4.78 is 58.3. The fraction of sp³-hybridized carbons (Fsp3) is 0.811. The standard InChI is InChI=1S/C37H56O15/c1-17-10-13-27(39)47-21(5)24(16-45-34-32(44-9)31(43-8)28(40)22(6)48-34)30-26(50-30)12-11-25(38)18(2)14-19(3)29(17)51-35-33(41)37(15-20(4)46-35)23(7)49-36(42)52-37/h10-13,17-24,26,28-35,40-41H,14-16H2,1-9H3/b12-11+,13-10+/t17-,18+,19-,20+,21-,22+,23-,24+,26-,28+,29-,30+,31+,32+,33-,34+,35-,37?/m0/s1. The number of cyclic esters (lactones) is 2. The second-order valence-corrected chi connectivity index (χ2v) is 15.0. The zero-order chi connectivity index (χ0) is 38.1. The van der Waals surface area contributed by atoms with E-state index in [0.717, 1.165) is 0 Å². The molecule has 1 spiro atoms. The summed E-state index contributed by atoms with van der Waals surface area (Å²) in [6.45, 7) is 12.6. The second kappa shape index (κ2) is 16.9. The van der Waals surface area contributed by atoms with Gasteiger partial charge in [0.05, 0.1) is 31.0 Å². The van der Waals surface area contributed by atoms with Crippen molar-refractivity contribution in [3.8, 4) is 0 Å². The van der Waals surface area contributed by atoms with Crippen LogP contribution in [0.5, 0.6) is 0 Å². The lowest BCUT2D eigenvalue weighted by atomic mass is 9.82. The minimum absolute atomic E-state index is 0.0493. The zero-order valence-corrected chi connectivity index (χ0v) is 31.4. The smallest absolute Gasteiger partial charge is 0.459 e. The van der Waals surface area contributed by atoms with Gasteiger partial charge in [-0.2, -0.15) is 0 Å². The Morgan fingerprint density at radius 1 is 0.827 bits per heavy atom. The minimum atomic E-state index is -1.36. The molecule has 2 N–H and O–H groups in total. The van der Waals surface area contributed by atoms with Crippen molar-refractivity contribution in [2.24, 2.45) is 23.7 Å². The molecule has 4 saturated heterocycles. The molecule has 1 unspecified atom stereocenters. The maximum Gasteiger partial charge on any atom is 0.509 e. The SMILES string of the molecule is CO[C@@H]1[C@H](O)[C@@H](C)O[C@@H](OC[C@H]2[C@H]3O[C@H]3/C=C/C(=O)[C@H](C)C[C@H](C)[C@@H](O[C@@H]3O[C@H](C)CC4(OC(=O)O[C@H]4C)[C@H]3O)[C@@H](C)/C=C/C(=O)O[C@H]2C)[C@@H]1OC. The summed E-state index contributed by atoms with van der Waals surface area (Å²) in [6.07, 6.45) is -3.65. The van der Waals surface area contributed by atoms with Crippen LogP contribution in [-0.2, 0) is 57.0 Å². The van der Waals surface area contributed by atoms with Gasteiger partial charge in [-0.25, -0.2) is 9.59 Å². The number of ketones is 1. The maximum absolute atomic E-state index is 13.4. The molecule has 0 aromatic rings. The molecule has 5 aliphatic heterocycles. The number of carbonyl (C=O) groups is 3. The molecular weight excluding hydrogens is 684 g/mol. The van der Waals surface area contributed by atoms with Crippen LogP contribution in [0, 0.1) is 23.7 Å². The monoisotopic (exact) mass is 740 g/mol. The maximum atomic E-state index is 13.4. The first kappa shape index (κ1) is 40.7. The van der Waals surface area contributed by atoms with Crippen LogP contribution < -0.4 is 0 Å². The summed E-state index contributed by atoms with van der Waals surface area (Å²) in [5.41, 5.74) is -1.35. The first-order valence-corrected chi connectivity index (χ1v) is 18.3. The topological polar surface area (TPSA) is 187 Å². The molecule has 294 valence electrons. The van der Waals surface area contributed by atoms with Gasteiger partial charge in [0.1, 0.15) is 42.7 Å². The first-order chi connectivity index (χ1) is 24.6. The Kier molecular flexibility index (Phi) is 13.2. The Bertz CT molecular complexity index is 1320. The quantitative estimate of drug-likeness (QED) is 0.286. The highest BCUT2D eigenvalue weighted by Crippen LogP contribution is 2.42. The minimum Gasteiger partial charge on any atom is -0.459 e. The van der Waals surface area contributed by atoms with Gasteiger partial charge in [0, 0.05) is 44.5 Å². The van der Waals surface area contributed by atoms with Gasteiger partial charge in [0.2, 0.25) is 0 Å². The number of hydrogen-bond donors (Lipinski definition) is 2. The highest BCUT2D eigenvalue weighted by molar-refractivity contribution is 5.91. The summed E-state index contributed by atoms with van der Waals surface area (Å²) >= 11 is 0. The molecule has 18 atom stereocenters. The molecule has 0 bridgehead atoms. The number of aliphatic hydroxyl groups excluding tert-OH is 2. The van der Waals surface area contributed by atoms with Crippen molar-refractivity contribution in [2.75, 3.05) is 20.8 Å². The fourth-order valence-corrected chi connectivity index (χ4v) is 7.99. The van der Waals surface area contributed by atoms with Crippen LogP contribution >= 0.6 is 0 Å². The molecule has 5 aliphatic rings. The number of carbonyl (C=O) groups excluding carboxylic acids is 3. The van der Waals surface area contributed by atoms with Crippen LogP contribution in [-0.4, -0.2) is 134 Å². The van der Waals surface area contributed by atoms with E-state index in [0.29, 0.717) is 6.42 Å². The molecule has 4 fully saturated rings. The van der Waals surface area contributed by atoms with Crippen LogP contribution in [0.3, 0.4) is 0 Å². The van der Waals surface area contributed by atoms with E-state index in [2.05, 4.69) is 0 Å². The average molecular weight is 741 g/mol. The number of hydrogen-bond acceptors (Lipinski definition) is 15. The van der Waals surface area contributed by atoms with Gasteiger partial charge in [0.25, 0.3) is 0 Å². The highest BCUT2D eigenvalue weighted by Gasteiger charge is 2.61. The zero-order valence-electron chi connectivity index (χ0n) is 31.4. The molecule has 15 heteroatoms. The third-order valence-corrected chi connectivity index (χ3v) is 11.2. The van der Waals surface area contributed by atoms with E-state index >= 15 is 0 Å². The molecule has 52 heavy (non-hydrogen) atoms. The predicted octanol–water partition coefficient (Wildman–Crippen LogP) is 2.62. The Balaban J connectivity index is 1.34. The van der Waals surface area contributed by atoms with Gasteiger partial charge >= 0.3 is 12.1 Å². The summed E-state index contributed by atoms with van der Waals surface area (Å²) in [6, 6.07) is 0. The van der Waals surface area contributed by atoms with Gasteiger partial charge < -0.3 is 57.6 Å². The lowest BCUT2D eigenvalue weighted by molar-refractivity contribution is -0.308. The molecular formula is C37H56O15. The molecule has 0 aromatic carbocycles. The van der Waals surface area contributed by atoms with Crippen LogP contribution in [0.2, 0.25) is 0 Å². The van der Waals surface area contributed by atoms with Gasteiger partial charge in [-0.15, -0.1) is 0 Å². The second-order valence-electron chi connectivity index (χ2n) is 15.0. The fourth-order valence-electron chi connectivity index (χ4n) is 7.99. The number of esters is 1. The third-order valence-electron chi connectivity index (χ3n) is 11.2. The Morgan fingerprint density at radius 3 is 2.19 bits per heavy atom. The number of aliphatic hydroxyl groups is 2. The van der Waals surface area contributed by atoms with Crippen molar-refractivity contribution >= 4 is 17.9 Å². The molecule has 0 radical (unpaired) electrons. The average Bonchev–Trinajstić information content (AvgIpc) is 3.79. The van der Waals surface area contributed by atoms with E-state index in [1.165, 1.54) is 26.4 Å². The number of fused-ring (bicyclic) bond motifs is 1. The number of allylic oxidation sites excluding steroid dienone is 1. The number of epoxide rings is 1. The van der Waals surface area contributed by atoms with Gasteiger partial charge in [-0.05, 0) is 52.2 Å². The highest BCUT2D eigenvalue weighted by atomic mass is 16.8. The number of methoxy groups -OCH3 is 2. The Morgan fingerprint density at radius 2 is 1.54 bits per heavy atom. The summed E-state index contributed by atoms with van der Waals surface area (Å²) in [5.74, 6) is -2.20. The van der Waals surface area contributed by atoms with Crippen molar-refractivity contribution < 1.29 is 72.0 Å². The molecule has 0 saturated carbocycles. The summed E-state index contributed by atoms with van der Waals surface area (Å²) in [7, 11) is 2.96. The van der Waals surface area contributed by atoms with Crippen LogP contribution in [0.4, 0.5) is 4.79 Å². The molecule has 15 nitrogen and oxygen atoms in total. The van der Waals surface area contributed by atoms with Crippen molar-refractivity contribution in [1.29, 1.82) is 0 Å². The molecule has 0 aliphatic carbocycles. The summed E-state index contributed by atoms with van der Waals surface area (Å²) in [4.78, 5) is 38.7. The Hall–Kier alpha value is -2.47. The molecule has 5 rings (SSSR count). The Labute approximate surface area is 305 Å². The van der Waals surface area contributed by atoms with Crippen molar-refractivity contribution in [3.63, 3.8) is 0 Å². The van der Waals surface area contributed by atoms with E-state index in [-0.39, 0.29) is 24.7 Å². The van der Waals surface area contributed by atoms with Gasteiger partial charge in [0.15, 0.2) is 24.0 Å². The van der Waals surface area contributed by atoms with E-state index < -0.39 is 115 Å². The molecule has 5 heterocycles. The van der Waals surface area contributed by atoms with Crippen molar-refractivity contribution in [1.82, 2.24) is 0 Å². The van der Waals surface area contributed by atoms with Crippen LogP contribution in [0.15, 0.2) is 24.3 Å². The van der Waals surface area contributed by atoms with E-state index in [1.807, 2.05) is 20.8 Å². The third kappa shape index (κ3) is 8.74. The van der Waals surface area contributed by atoms with Crippen LogP contribution in [0.25, 0.3) is 0 Å². The lowest BCUT2D eigenvalue weighted by Crippen LogP contribution is -2.62. The van der Waals surface area contributed by atoms with Crippen molar-refractivity contribution in [3.05, 3.63) is 24.3 Å².